The zero-order chi connectivity index (χ0) is 11.9. The molecule has 0 atom stereocenters. The van der Waals surface area contributed by atoms with Crippen LogP contribution in [0.2, 0.25) is 0 Å². The summed E-state index contributed by atoms with van der Waals surface area (Å²) in [5.74, 6) is 0.00137. The van der Waals surface area contributed by atoms with Gasteiger partial charge in [0.25, 0.3) is 5.56 Å². The smallest absolute Gasteiger partial charge is 0.273 e. The molecule has 86 valence electrons. The Labute approximate surface area is 100 Å². The molecule has 2 heterocycles. The second kappa shape index (κ2) is 3.71. The third-order valence-corrected chi connectivity index (χ3v) is 4.66. The molecule has 0 spiro atoms. The van der Waals surface area contributed by atoms with E-state index in [4.69, 9.17) is 0 Å². The highest BCUT2D eigenvalue weighted by atomic mass is 32.9. The van der Waals surface area contributed by atoms with Gasteiger partial charge in [-0.3, -0.25) is 9.59 Å². The first kappa shape index (κ1) is 11.3. The molecule has 16 heavy (non-hydrogen) atoms. The molecule has 2 aliphatic rings. The fourth-order valence-corrected chi connectivity index (χ4v) is 3.44. The molecule has 2 rings (SSSR count). The van der Waals surface area contributed by atoms with Gasteiger partial charge in [-0.15, -0.1) is 0 Å². The van der Waals surface area contributed by atoms with Crippen LogP contribution in [0.3, 0.4) is 0 Å². The van der Waals surface area contributed by atoms with Crippen molar-refractivity contribution in [2.75, 3.05) is 5.32 Å². The lowest BCUT2D eigenvalue weighted by atomic mass is 10.0. The number of aromatic nitrogens is 1. The van der Waals surface area contributed by atoms with Gasteiger partial charge in [0.2, 0.25) is 0 Å². The van der Waals surface area contributed by atoms with Gasteiger partial charge in [-0.2, -0.15) is 0 Å². The van der Waals surface area contributed by atoms with E-state index in [2.05, 4.69) is 10.3 Å². The third kappa shape index (κ3) is 1.78. The van der Waals surface area contributed by atoms with E-state index in [0.717, 1.165) is 10.6 Å². The molecule has 0 bridgehead atoms. The molecule has 0 aromatic carbocycles. The number of hydrogen-bond donors (Lipinski definition) is 2. The second-order valence-electron chi connectivity index (χ2n) is 4.18. The number of aromatic amines is 1. The van der Waals surface area contributed by atoms with Crippen LogP contribution in [0.1, 0.15) is 20.8 Å². The number of rotatable bonds is 3. The van der Waals surface area contributed by atoms with Crippen LogP contribution < -0.4 is 10.9 Å². The Morgan fingerprint density at radius 3 is 2.81 bits per heavy atom. The Morgan fingerprint density at radius 2 is 2.19 bits per heavy atom. The molecule has 0 saturated heterocycles. The van der Waals surface area contributed by atoms with Crippen molar-refractivity contribution in [1.82, 2.24) is 4.98 Å². The number of ketones is 1. The Balaban J connectivity index is 2.42. The summed E-state index contributed by atoms with van der Waals surface area (Å²) in [6.07, 6.45) is 0. The van der Waals surface area contributed by atoms with Crippen molar-refractivity contribution in [2.45, 2.75) is 26.3 Å². The number of hydrogen-bond acceptors (Lipinski definition) is 5. The summed E-state index contributed by atoms with van der Waals surface area (Å²) in [6.45, 7) is 5.05. The molecular weight excluding hydrogens is 244 g/mol. The molecule has 2 N–H and O–H groups in total. The Bertz CT molecular complexity index is 550. The first-order valence-corrected chi connectivity index (χ1v) is 7.02. The molecule has 0 aliphatic carbocycles. The Kier molecular flexibility index (Phi) is 2.63. The van der Waals surface area contributed by atoms with Gasteiger partial charge in [0.1, 0.15) is 5.69 Å². The molecular formula is C10H12N2O2S2. The van der Waals surface area contributed by atoms with Crippen LogP contribution in [0, 0.1) is 0 Å². The van der Waals surface area contributed by atoms with Gasteiger partial charge in [-0.1, -0.05) is 20.7 Å². The van der Waals surface area contributed by atoms with E-state index >= 15 is 0 Å². The van der Waals surface area contributed by atoms with Gasteiger partial charge in [0, 0.05) is 5.38 Å². The molecule has 4 nitrogen and oxygen atoms in total. The molecule has 0 fully saturated rings. The minimum atomic E-state index is -0.719. The van der Waals surface area contributed by atoms with Gasteiger partial charge in [0.15, 0.2) is 5.78 Å². The van der Waals surface area contributed by atoms with Crippen molar-refractivity contribution >= 4 is 32.2 Å². The zero-order valence-electron chi connectivity index (χ0n) is 9.21. The topological polar surface area (TPSA) is 62.0 Å². The lowest BCUT2D eigenvalue weighted by Gasteiger charge is -2.23. The van der Waals surface area contributed by atoms with Crippen molar-refractivity contribution in [1.29, 1.82) is 0 Å². The number of carbonyl (C=O) groups excluding carboxylic acids is 1. The molecule has 0 saturated carbocycles. The fourth-order valence-electron chi connectivity index (χ4n) is 1.28. The van der Waals surface area contributed by atoms with E-state index in [1.165, 1.54) is 17.3 Å². The highest BCUT2D eigenvalue weighted by Crippen LogP contribution is 2.36. The van der Waals surface area contributed by atoms with E-state index < -0.39 is 5.54 Å². The maximum Gasteiger partial charge on any atom is 0.273 e. The van der Waals surface area contributed by atoms with Gasteiger partial charge in [0.05, 0.1) is 16.1 Å². The van der Waals surface area contributed by atoms with Gasteiger partial charge >= 0.3 is 0 Å². The highest BCUT2D eigenvalue weighted by Gasteiger charge is 2.27. The Hall–Kier alpha value is -1.14. The number of fused-ring (bicyclic) bond motifs is 1. The number of anilines is 1. The average Bonchev–Trinajstić information content (AvgIpc) is 2.70. The van der Waals surface area contributed by atoms with E-state index in [1.54, 1.807) is 24.2 Å². The van der Waals surface area contributed by atoms with Crippen LogP contribution in [0.5, 0.6) is 0 Å². The molecule has 0 unspecified atom stereocenters. The zero-order valence-corrected chi connectivity index (χ0v) is 10.8. The minimum Gasteiger partial charge on any atom is -0.368 e. The summed E-state index contributed by atoms with van der Waals surface area (Å²) >= 11 is 0. The van der Waals surface area contributed by atoms with E-state index in [0.29, 0.717) is 5.69 Å². The van der Waals surface area contributed by atoms with E-state index in [1.807, 2.05) is 5.38 Å². The van der Waals surface area contributed by atoms with Crippen LogP contribution in [0.4, 0.5) is 5.69 Å². The van der Waals surface area contributed by atoms with Crippen LogP contribution in [-0.4, -0.2) is 16.3 Å². The largest absolute Gasteiger partial charge is 0.368 e. The monoisotopic (exact) mass is 256 g/mol. The van der Waals surface area contributed by atoms with Crippen molar-refractivity contribution in [3.8, 4) is 10.6 Å². The quantitative estimate of drug-likeness (QED) is 0.829. The Morgan fingerprint density at radius 1 is 1.50 bits per heavy atom. The van der Waals surface area contributed by atoms with E-state index in [9.17, 15) is 9.59 Å². The predicted octanol–water partition coefficient (Wildman–Crippen LogP) is 2.38. The third-order valence-electron chi connectivity index (χ3n) is 2.56. The molecule has 0 amide bonds. The normalized spacial score (nSPS) is 11.9. The summed E-state index contributed by atoms with van der Waals surface area (Å²) in [6, 6.07) is 0. The van der Waals surface area contributed by atoms with Crippen molar-refractivity contribution in [3.63, 3.8) is 0 Å². The lowest BCUT2D eigenvalue weighted by Crippen LogP contribution is -2.39. The molecule has 6 heteroatoms. The van der Waals surface area contributed by atoms with Crippen LogP contribution in [0.25, 0.3) is 10.6 Å². The number of H-pyrrole nitrogens is 1. The maximum atomic E-state index is 11.7. The SMILES string of the molecule is CC(=O)C(C)(C)Nc1c2sscc-2[nH]c1=O. The molecule has 0 aromatic heterocycles. The molecule has 0 aromatic rings. The van der Waals surface area contributed by atoms with Gasteiger partial charge in [-0.05, 0) is 20.8 Å². The molecule has 0 radical (unpaired) electrons. The second-order valence-corrected chi connectivity index (χ2v) is 6.26. The summed E-state index contributed by atoms with van der Waals surface area (Å²) in [5.41, 5.74) is 0.454. The van der Waals surface area contributed by atoms with Gasteiger partial charge in [-0.25, -0.2) is 0 Å². The van der Waals surface area contributed by atoms with Crippen molar-refractivity contribution in [2.24, 2.45) is 0 Å². The standard InChI is InChI=1S/C10H12N2O2S2/c1-5(13)10(2,3)12-7-8-6(4-15-16-8)11-9(7)14/h4,12H,1-3H3,(H,11,14). The summed E-state index contributed by atoms with van der Waals surface area (Å²) < 4.78 is 0. The summed E-state index contributed by atoms with van der Waals surface area (Å²) in [7, 11) is 3.09. The first-order chi connectivity index (χ1) is 7.42. The summed E-state index contributed by atoms with van der Waals surface area (Å²) in [4.78, 5) is 26.7. The van der Waals surface area contributed by atoms with Crippen LogP contribution in [0.15, 0.2) is 10.2 Å². The number of nitrogens with one attached hydrogen (secondary N) is 2. The summed E-state index contributed by atoms with van der Waals surface area (Å²) in [5, 5.41) is 4.92. The molecule has 2 aliphatic heterocycles. The minimum absolute atomic E-state index is 0.00137. The highest BCUT2D eigenvalue weighted by molar-refractivity contribution is 7.70. The lowest BCUT2D eigenvalue weighted by molar-refractivity contribution is -0.120. The van der Waals surface area contributed by atoms with E-state index in [-0.39, 0.29) is 11.3 Å². The van der Waals surface area contributed by atoms with Crippen molar-refractivity contribution < 1.29 is 4.79 Å². The van der Waals surface area contributed by atoms with Crippen LogP contribution in [-0.2, 0) is 4.79 Å². The van der Waals surface area contributed by atoms with Crippen molar-refractivity contribution in [3.05, 3.63) is 15.7 Å². The average molecular weight is 256 g/mol. The predicted molar refractivity (Wildman–Crippen MR) is 67.8 cm³/mol. The number of Topliss-reactive ketones (excluding diaryl/α,β-unsaturated/α-hetero) is 1. The first-order valence-electron chi connectivity index (χ1n) is 4.80. The van der Waals surface area contributed by atoms with Crippen LogP contribution >= 0.6 is 20.7 Å². The maximum absolute atomic E-state index is 11.7. The number of carbonyl (C=O) groups is 1. The fraction of sp³-hybridized carbons (Fsp3) is 0.400. The van der Waals surface area contributed by atoms with Gasteiger partial charge < -0.3 is 10.3 Å².